The Labute approximate surface area is 331 Å². The molecular formula is C44H34O2S6. The van der Waals surface area contributed by atoms with E-state index in [0.29, 0.717) is 0 Å². The lowest BCUT2D eigenvalue weighted by Crippen LogP contribution is -1.97. The van der Waals surface area contributed by atoms with Gasteiger partial charge in [0.15, 0.2) is 0 Å². The first kappa shape index (κ1) is 36.6. The van der Waals surface area contributed by atoms with E-state index in [1.807, 2.05) is 94.8 Å². The molecule has 8 heteroatoms. The Morgan fingerprint density at radius 3 is 0.635 bits per heavy atom. The molecule has 258 valence electrons. The summed E-state index contributed by atoms with van der Waals surface area (Å²) in [5.41, 5.74) is 0. The summed E-state index contributed by atoms with van der Waals surface area (Å²) >= 11 is 11.0. The number of ether oxygens (including phenoxy) is 2. The van der Waals surface area contributed by atoms with Crippen LogP contribution in [-0.2, 0) is 0 Å². The summed E-state index contributed by atoms with van der Waals surface area (Å²) in [5, 5.41) is 0. The van der Waals surface area contributed by atoms with E-state index in [4.69, 9.17) is 9.47 Å². The highest BCUT2D eigenvalue weighted by molar-refractivity contribution is 8.07. The van der Waals surface area contributed by atoms with Gasteiger partial charge in [-0.15, -0.1) is 0 Å². The number of hydrogen-bond acceptors (Lipinski definition) is 8. The summed E-state index contributed by atoms with van der Waals surface area (Å²) in [4.78, 5) is 14.4. The summed E-state index contributed by atoms with van der Waals surface area (Å²) in [5.74, 6) is 1.68. The van der Waals surface area contributed by atoms with E-state index in [2.05, 4.69) is 146 Å². The minimum absolute atomic E-state index is 0.842. The minimum atomic E-state index is 0.842. The van der Waals surface area contributed by atoms with E-state index < -0.39 is 0 Å². The summed E-state index contributed by atoms with van der Waals surface area (Å²) in [6.45, 7) is 0. The molecule has 0 aliphatic rings. The lowest BCUT2D eigenvalue weighted by atomic mass is 10.3. The van der Waals surface area contributed by atoms with Crippen LogP contribution in [0.25, 0.3) is 0 Å². The average Bonchev–Trinajstić information content (AvgIpc) is 3.21. The highest BCUT2D eigenvalue weighted by atomic mass is 32.2. The molecule has 0 atom stereocenters. The van der Waals surface area contributed by atoms with Gasteiger partial charge < -0.3 is 9.47 Å². The molecule has 0 aromatic heterocycles. The fourth-order valence-corrected chi connectivity index (χ4v) is 12.5. The summed E-state index contributed by atoms with van der Waals surface area (Å²) in [6.07, 6.45) is 0. The van der Waals surface area contributed by atoms with Crippen LogP contribution in [0.3, 0.4) is 0 Å². The van der Waals surface area contributed by atoms with Crippen molar-refractivity contribution in [3.63, 3.8) is 0 Å². The lowest BCUT2D eigenvalue weighted by molar-refractivity contribution is 0.414. The number of benzene rings is 7. The van der Waals surface area contributed by atoms with Crippen LogP contribution in [-0.4, -0.2) is 14.2 Å². The zero-order valence-electron chi connectivity index (χ0n) is 28.4. The standard InChI is InChI=1S/C44H34O2S6/c1-45-31-23-27-37(28-24-31)51-43-39(47-33-15-7-3-8-16-33)41(49-35-19-11-5-12-20-35)44(52-38-29-25-32(46-2)26-30-38)42(50-36-21-13-6-14-22-36)40(43)48-34-17-9-4-10-18-34/h3-30H,1-2H3. The first-order valence-electron chi connectivity index (χ1n) is 16.5. The molecule has 52 heavy (non-hydrogen) atoms. The minimum Gasteiger partial charge on any atom is -0.497 e. The first-order valence-corrected chi connectivity index (χ1v) is 21.4. The van der Waals surface area contributed by atoms with E-state index in [-0.39, 0.29) is 0 Å². The topological polar surface area (TPSA) is 18.5 Å². The van der Waals surface area contributed by atoms with Gasteiger partial charge >= 0.3 is 0 Å². The van der Waals surface area contributed by atoms with Gasteiger partial charge in [-0.25, -0.2) is 0 Å². The highest BCUT2D eigenvalue weighted by Crippen LogP contribution is 2.59. The molecule has 0 saturated heterocycles. The zero-order chi connectivity index (χ0) is 35.5. The molecule has 0 heterocycles. The van der Waals surface area contributed by atoms with Gasteiger partial charge in [0.1, 0.15) is 11.5 Å². The first-order chi connectivity index (χ1) is 25.7. The third kappa shape index (κ3) is 9.42. The van der Waals surface area contributed by atoms with Crippen molar-refractivity contribution in [1.82, 2.24) is 0 Å². The fourth-order valence-electron chi connectivity index (χ4n) is 5.12. The van der Waals surface area contributed by atoms with Crippen molar-refractivity contribution in [3.8, 4) is 11.5 Å². The molecule has 7 aromatic rings. The molecule has 0 N–H and O–H groups in total. The maximum absolute atomic E-state index is 5.55. The van der Waals surface area contributed by atoms with Gasteiger partial charge in [-0.3, -0.25) is 0 Å². The van der Waals surface area contributed by atoms with Gasteiger partial charge in [0.05, 0.1) is 14.2 Å². The van der Waals surface area contributed by atoms with Crippen molar-refractivity contribution in [1.29, 1.82) is 0 Å². The van der Waals surface area contributed by atoms with Crippen molar-refractivity contribution in [2.24, 2.45) is 0 Å². The quantitative estimate of drug-likeness (QED) is 0.107. The molecule has 0 bridgehead atoms. The van der Waals surface area contributed by atoms with Gasteiger partial charge in [0.2, 0.25) is 0 Å². The molecule has 2 nitrogen and oxygen atoms in total. The molecule has 0 spiro atoms. The van der Waals surface area contributed by atoms with Crippen molar-refractivity contribution in [2.45, 2.75) is 58.7 Å². The van der Waals surface area contributed by atoms with E-state index >= 15 is 0 Å². The number of rotatable bonds is 14. The number of hydrogen-bond donors (Lipinski definition) is 0. The van der Waals surface area contributed by atoms with Gasteiger partial charge in [0, 0.05) is 58.7 Å². The zero-order valence-corrected chi connectivity index (χ0v) is 33.3. The maximum Gasteiger partial charge on any atom is 0.118 e. The van der Waals surface area contributed by atoms with Crippen LogP contribution in [0.1, 0.15) is 0 Å². The molecule has 0 unspecified atom stereocenters. The van der Waals surface area contributed by atoms with Crippen molar-refractivity contribution < 1.29 is 9.47 Å². The monoisotopic (exact) mass is 786 g/mol. The Balaban J connectivity index is 1.55. The molecule has 0 aliphatic heterocycles. The van der Waals surface area contributed by atoms with Crippen molar-refractivity contribution in [2.75, 3.05) is 14.2 Å². The van der Waals surface area contributed by atoms with Crippen LogP contribution in [0.5, 0.6) is 11.5 Å². The summed E-state index contributed by atoms with van der Waals surface area (Å²) in [6, 6.07) is 59.7. The molecule has 0 saturated carbocycles. The van der Waals surface area contributed by atoms with Crippen LogP contribution in [0.2, 0.25) is 0 Å². The molecule has 7 aromatic carbocycles. The van der Waals surface area contributed by atoms with E-state index in [0.717, 1.165) is 21.3 Å². The molecular weight excluding hydrogens is 753 g/mol. The van der Waals surface area contributed by atoms with Crippen LogP contribution in [0.4, 0.5) is 0 Å². The van der Waals surface area contributed by atoms with E-state index in [1.54, 1.807) is 14.2 Å². The second-order valence-electron chi connectivity index (χ2n) is 11.2. The van der Waals surface area contributed by atoms with Crippen LogP contribution in [0, 0.1) is 0 Å². The second kappa shape index (κ2) is 18.3. The number of methoxy groups -OCH3 is 2. The highest BCUT2D eigenvalue weighted by Gasteiger charge is 2.28. The van der Waals surface area contributed by atoms with Crippen LogP contribution >= 0.6 is 70.6 Å². The molecule has 0 aliphatic carbocycles. The second-order valence-corrected chi connectivity index (χ2v) is 17.7. The van der Waals surface area contributed by atoms with E-state index in [1.165, 1.54) is 49.0 Å². The fraction of sp³-hybridized carbons (Fsp3) is 0.0455. The average molecular weight is 787 g/mol. The van der Waals surface area contributed by atoms with Gasteiger partial charge in [-0.1, -0.05) is 143 Å². The van der Waals surface area contributed by atoms with Gasteiger partial charge in [-0.2, -0.15) is 0 Å². The predicted molar refractivity (Wildman–Crippen MR) is 223 cm³/mol. The van der Waals surface area contributed by atoms with Crippen molar-refractivity contribution in [3.05, 3.63) is 170 Å². The largest absolute Gasteiger partial charge is 0.497 e. The van der Waals surface area contributed by atoms with E-state index in [9.17, 15) is 0 Å². The Morgan fingerprint density at radius 1 is 0.250 bits per heavy atom. The molecule has 0 radical (unpaired) electrons. The third-order valence-electron chi connectivity index (χ3n) is 7.65. The predicted octanol–water partition coefficient (Wildman–Crippen LogP) is 14.6. The normalized spacial score (nSPS) is 11.0. The maximum atomic E-state index is 5.55. The van der Waals surface area contributed by atoms with Gasteiger partial charge in [0.25, 0.3) is 0 Å². The lowest BCUT2D eigenvalue weighted by Gasteiger charge is -2.25. The third-order valence-corrected chi connectivity index (χ3v) is 15.1. The van der Waals surface area contributed by atoms with Crippen LogP contribution in [0.15, 0.2) is 229 Å². The Kier molecular flexibility index (Phi) is 12.9. The summed E-state index contributed by atoms with van der Waals surface area (Å²) in [7, 11) is 3.43. The van der Waals surface area contributed by atoms with Crippen LogP contribution < -0.4 is 9.47 Å². The molecule has 0 amide bonds. The Hall–Kier alpha value is -3.76. The Morgan fingerprint density at radius 2 is 0.442 bits per heavy atom. The SMILES string of the molecule is COc1ccc(Sc2c(Sc3ccccc3)c(Sc3ccccc3)c(Sc3ccc(OC)cc3)c(Sc3ccccc3)c2Sc2ccccc2)cc1. The smallest absolute Gasteiger partial charge is 0.118 e. The summed E-state index contributed by atoms with van der Waals surface area (Å²) < 4.78 is 11.1. The molecule has 0 fully saturated rings. The molecule has 7 rings (SSSR count). The Bertz CT molecular complexity index is 1910. The van der Waals surface area contributed by atoms with Crippen molar-refractivity contribution >= 4 is 70.6 Å². The van der Waals surface area contributed by atoms with Gasteiger partial charge in [-0.05, 0) is 97.1 Å².